The standard InChI is InChI=1S/C19H22N4O4S/c1-12-16(23(26)27)9-17(28-12)19(25)21-15-6-4-13(5-7-15)10-22-8-2-3-14(11-22)18(20)24/h4-7,9,14H,2-3,8,10-11H2,1H3,(H2,20,24)(H,21,25). The number of amides is 2. The van der Waals surface area contributed by atoms with E-state index < -0.39 is 4.92 Å². The molecule has 2 amide bonds. The van der Waals surface area contributed by atoms with E-state index in [-0.39, 0.29) is 23.4 Å². The first-order valence-corrected chi connectivity index (χ1v) is 9.82. The molecule has 3 N–H and O–H groups in total. The zero-order valence-corrected chi connectivity index (χ0v) is 16.3. The lowest BCUT2D eigenvalue weighted by molar-refractivity contribution is -0.385. The number of benzene rings is 1. The molecule has 0 saturated carbocycles. The van der Waals surface area contributed by atoms with Crippen LogP contribution < -0.4 is 11.1 Å². The van der Waals surface area contributed by atoms with Gasteiger partial charge in [0.25, 0.3) is 11.6 Å². The predicted molar refractivity (Wildman–Crippen MR) is 107 cm³/mol. The van der Waals surface area contributed by atoms with Crippen molar-refractivity contribution >= 4 is 34.5 Å². The summed E-state index contributed by atoms with van der Waals surface area (Å²) in [6.45, 7) is 3.94. The number of carbonyl (C=O) groups excluding carboxylic acids is 2. The van der Waals surface area contributed by atoms with Gasteiger partial charge in [0, 0.05) is 24.8 Å². The van der Waals surface area contributed by atoms with Crippen LogP contribution in [0.4, 0.5) is 11.4 Å². The van der Waals surface area contributed by atoms with Gasteiger partial charge in [-0.3, -0.25) is 24.6 Å². The van der Waals surface area contributed by atoms with Gasteiger partial charge >= 0.3 is 0 Å². The van der Waals surface area contributed by atoms with Gasteiger partial charge in [-0.2, -0.15) is 0 Å². The van der Waals surface area contributed by atoms with Gasteiger partial charge < -0.3 is 11.1 Å². The number of nitrogens with one attached hydrogen (secondary N) is 1. The summed E-state index contributed by atoms with van der Waals surface area (Å²) in [6, 6.07) is 8.75. The van der Waals surface area contributed by atoms with Gasteiger partial charge in [0.2, 0.25) is 5.91 Å². The van der Waals surface area contributed by atoms with Crippen molar-refractivity contribution in [2.45, 2.75) is 26.3 Å². The molecule has 1 unspecified atom stereocenters. The van der Waals surface area contributed by atoms with Crippen LogP contribution in [0.5, 0.6) is 0 Å². The van der Waals surface area contributed by atoms with Crippen molar-refractivity contribution in [2.24, 2.45) is 11.7 Å². The van der Waals surface area contributed by atoms with E-state index in [0.717, 1.165) is 36.3 Å². The summed E-state index contributed by atoms with van der Waals surface area (Å²) in [5.74, 6) is -0.702. The molecule has 1 saturated heterocycles. The lowest BCUT2D eigenvalue weighted by Gasteiger charge is -2.31. The number of hydrogen-bond donors (Lipinski definition) is 2. The van der Waals surface area contributed by atoms with Gasteiger partial charge in [-0.15, -0.1) is 11.3 Å². The Hall–Kier alpha value is -2.78. The Morgan fingerprint density at radius 1 is 1.36 bits per heavy atom. The van der Waals surface area contributed by atoms with E-state index in [1.165, 1.54) is 6.07 Å². The first kappa shape index (κ1) is 20.0. The van der Waals surface area contributed by atoms with E-state index in [1.807, 2.05) is 12.1 Å². The number of nitrogens with zero attached hydrogens (tertiary/aromatic N) is 2. The van der Waals surface area contributed by atoms with Gasteiger partial charge in [0.05, 0.1) is 20.6 Å². The summed E-state index contributed by atoms with van der Waals surface area (Å²) in [6.07, 6.45) is 1.80. The Morgan fingerprint density at radius 2 is 2.07 bits per heavy atom. The molecule has 1 atom stereocenters. The van der Waals surface area contributed by atoms with E-state index in [9.17, 15) is 19.7 Å². The molecule has 1 aromatic heterocycles. The second kappa shape index (κ2) is 8.49. The van der Waals surface area contributed by atoms with E-state index in [1.54, 1.807) is 19.1 Å². The minimum atomic E-state index is -0.485. The number of primary amides is 1. The summed E-state index contributed by atoms with van der Waals surface area (Å²) in [5, 5.41) is 13.7. The zero-order valence-electron chi connectivity index (χ0n) is 15.5. The number of likely N-dealkylation sites (tertiary alicyclic amines) is 1. The molecule has 1 aromatic carbocycles. The highest BCUT2D eigenvalue weighted by Gasteiger charge is 2.24. The number of thiophene rings is 1. The quantitative estimate of drug-likeness (QED) is 0.569. The van der Waals surface area contributed by atoms with Crippen molar-refractivity contribution in [2.75, 3.05) is 18.4 Å². The van der Waals surface area contributed by atoms with Crippen molar-refractivity contribution in [3.63, 3.8) is 0 Å². The van der Waals surface area contributed by atoms with Crippen LogP contribution in [-0.2, 0) is 11.3 Å². The van der Waals surface area contributed by atoms with Crippen molar-refractivity contribution in [1.29, 1.82) is 0 Å². The third-order valence-corrected chi connectivity index (χ3v) is 5.88. The van der Waals surface area contributed by atoms with E-state index in [0.29, 0.717) is 28.5 Å². The number of hydrogen-bond acceptors (Lipinski definition) is 6. The molecule has 8 nitrogen and oxygen atoms in total. The molecule has 28 heavy (non-hydrogen) atoms. The zero-order chi connectivity index (χ0) is 20.3. The molecule has 1 fully saturated rings. The van der Waals surface area contributed by atoms with Crippen LogP contribution in [0.3, 0.4) is 0 Å². The topological polar surface area (TPSA) is 119 Å². The smallest absolute Gasteiger partial charge is 0.283 e. The number of rotatable bonds is 6. The Balaban J connectivity index is 1.60. The maximum Gasteiger partial charge on any atom is 0.283 e. The van der Waals surface area contributed by atoms with Crippen molar-refractivity contribution < 1.29 is 14.5 Å². The molecule has 148 valence electrons. The minimum absolute atomic E-state index is 0.0405. The van der Waals surface area contributed by atoms with Gasteiger partial charge in [-0.25, -0.2) is 0 Å². The molecule has 9 heteroatoms. The van der Waals surface area contributed by atoms with E-state index in [2.05, 4.69) is 10.2 Å². The van der Waals surface area contributed by atoms with Crippen LogP contribution in [-0.4, -0.2) is 34.7 Å². The molecule has 0 radical (unpaired) electrons. The fraction of sp³-hybridized carbons (Fsp3) is 0.368. The van der Waals surface area contributed by atoms with Crippen LogP contribution in [0.15, 0.2) is 30.3 Å². The Bertz CT molecular complexity index is 894. The second-order valence-corrected chi connectivity index (χ2v) is 8.19. The highest BCUT2D eigenvalue weighted by molar-refractivity contribution is 7.14. The summed E-state index contributed by atoms with van der Waals surface area (Å²) in [4.78, 5) is 37.2. The van der Waals surface area contributed by atoms with E-state index in [4.69, 9.17) is 5.73 Å². The SMILES string of the molecule is Cc1sc(C(=O)Nc2ccc(CN3CCCC(C(N)=O)C3)cc2)cc1[N+](=O)[O-]. The first-order chi connectivity index (χ1) is 13.3. The lowest BCUT2D eigenvalue weighted by atomic mass is 9.97. The van der Waals surface area contributed by atoms with Gasteiger partial charge in [0.15, 0.2) is 0 Å². The fourth-order valence-electron chi connectivity index (χ4n) is 3.34. The molecule has 2 aromatic rings. The third kappa shape index (κ3) is 4.73. The molecule has 1 aliphatic heterocycles. The molecule has 0 spiro atoms. The number of nitro groups is 1. The van der Waals surface area contributed by atoms with Crippen LogP contribution in [0, 0.1) is 23.0 Å². The Kier molecular flexibility index (Phi) is 6.05. The fourth-order valence-corrected chi connectivity index (χ4v) is 4.22. The highest BCUT2D eigenvalue weighted by Crippen LogP contribution is 2.28. The van der Waals surface area contributed by atoms with Gasteiger partial charge in [0.1, 0.15) is 0 Å². The van der Waals surface area contributed by atoms with E-state index >= 15 is 0 Å². The third-order valence-electron chi connectivity index (χ3n) is 4.84. The van der Waals surface area contributed by atoms with Crippen LogP contribution >= 0.6 is 11.3 Å². The predicted octanol–water partition coefficient (Wildman–Crippen LogP) is 2.91. The second-order valence-electron chi connectivity index (χ2n) is 6.94. The maximum absolute atomic E-state index is 12.3. The van der Waals surface area contributed by atoms with Crippen molar-refractivity contribution in [3.8, 4) is 0 Å². The summed E-state index contributed by atoms with van der Waals surface area (Å²) in [7, 11) is 0. The average Bonchev–Trinajstić information content (AvgIpc) is 3.06. The Labute approximate surface area is 166 Å². The molecule has 0 bridgehead atoms. The normalized spacial score (nSPS) is 17.2. The summed E-state index contributed by atoms with van der Waals surface area (Å²) >= 11 is 1.10. The number of anilines is 1. The number of carbonyl (C=O) groups is 2. The van der Waals surface area contributed by atoms with Crippen LogP contribution in [0.25, 0.3) is 0 Å². The number of piperidine rings is 1. The molecular weight excluding hydrogens is 380 g/mol. The Morgan fingerprint density at radius 3 is 2.68 bits per heavy atom. The molecular formula is C19H22N4O4S. The van der Waals surface area contributed by atoms with Crippen molar-refractivity contribution in [3.05, 3.63) is 55.8 Å². The van der Waals surface area contributed by atoms with Crippen LogP contribution in [0.1, 0.15) is 33.0 Å². The van der Waals surface area contributed by atoms with Gasteiger partial charge in [-0.1, -0.05) is 12.1 Å². The first-order valence-electron chi connectivity index (χ1n) is 9.00. The maximum atomic E-state index is 12.3. The monoisotopic (exact) mass is 402 g/mol. The summed E-state index contributed by atoms with van der Waals surface area (Å²) in [5.41, 5.74) is 7.08. The van der Waals surface area contributed by atoms with Gasteiger partial charge in [-0.05, 0) is 44.0 Å². The average molecular weight is 402 g/mol. The lowest BCUT2D eigenvalue weighted by Crippen LogP contribution is -2.40. The summed E-state index contributed by atoms with van der Waals surface area (Å²) < 4.78 is 0. The molecule has 0 aliphatic carbocycles. The minimum Gasteiger partial charge on any atom is -0.369 e. The largest absolute Gasteiger partial charge is 0.369 e. The van der Waals surface area contributed by atoms with Crippen LogP contribution in [0.2, 0.25) is 0 Å². The van der Waals surface area contributed by atoms with Crippen molar-refractivity contribution in [1.82, 2.24) is 4.90 Å². The number of nitrogens with two attached hydrogens (primary N) is 1. The number of aryl methyl sites for hydroxylation is 1. The molecule has 1 aliphatic rings. The molecule has 3 rings (SSSR count). The highest BCUT2D eigenvalue weighted by atomic mass is 32.1. The molecule has 2 heterocycles.